The molecule has 10 nitrogen and oxygen atoms in total. The first kappa shape index (κ1) is 66.4. The minimum absolute atomic E-state index is 0.00865. The van der Waals surface area contributed by atoms with Gasteiger partial charge in [0.05, 0.1) is 19.8 Å². The molecule has 0 aliphatic rings. The van der Waals surface area contributed by atoms with Crippen molar-refractivity contribution in [2.45, 2.75) is 257 Å². The number of allylic oxidation sites excluding steroid dienone is 12. The molecule has 0 aromatic carbocycles. The molecule has 0 spiro atoms. The zero-order valence-corrected chi connectivity index (χ0v) is 45.0. The molecule has 4 N–H and O–H groups in total. The summed E-state index contributed by atoms with van der Waals surface area (Å²) >= 11 is 0. The van der Waals surface area contributed by atoms with Gasteiger partial charge < -0.3 is 25.2 Å². The molecule has 0 amide bonds. The van der Waals surface area contributed by atoms with Crippen LogP contribution in [0.1, 0.15) is 245 Å². The molecule has 0 aromatic heterocycles. The van der Waals surface area contributed by atoms with E-state index in [1.54, 1.807) is 0 Å². The second kappa shape index (κ2) is 53.2. The summed E-state index contributed by atoms with van der Waals surface area (Å²) in [6.07, 6.45) is 68.2. The monoisotopic (exact) mass is 990 g/mol. The summed E-state index contributed by atoms with van der Waals surface area (Å²) in [6, 6.07) is -1.48. The third kappa shape index (κ3) is 53.1. The van der Waals surface area contributed by atoms with Crippen LogP contribution >= 0.6 is 7.82 Å². The van der Waals surface area contributed by atoms with E-state index in [0.29, 0.717) is 13.0 Å². The number of carbonyl (C=O) groups is 2. The van der Waals surface area contributed by atoms with Crippen molar-refractivity contribution < 1.29 is 42.7 Å². The minimum atomic E-state index is -4.63. The maximum Gasteiger partial charge on any atom is 0.472 e. The van der Waals surface area contributed by atoms with Crippen LogP contribution in [0.2, 0.25) is 0 Å². The first-order valence-electron chi connectivity index (χ1n) is 28.0. The molecule has 400 valence electrons. The number of nitrogens with two attached hydrogens (primary N) is 1. The highest BCUT2D eigenvalue weighted by Crippen LogP contribution is 2.43. The van der Waals surface area contributed by atoms with Crippen molar-refractivity contribution in [1.29, 1.82) is 0 Å². The molecule has 11 heteroatoms. The fourth-order valence-corrected chi connectivity index (χ4v) is 8.46. The Labute approximate surface area is 423 Å². The highest BCUT2D eigenvalue weighted by molar-refractivity contribution is 7.47. The number of hydrogen-bond acceptors (Lipinski definition) is 8. The summed E-state index contributed by atoms with van der Waals surface area (Å²) in [5.41, 5.74) is 5.39. The maximum absolute atomic E-state index is 12.7. The van der Waals surface area contributed by atoms with E-state index in [4.69, 9.17) is 29.4 Å². The Kier molecular flexibility index (Phi) is 51.2. The molecule has 0 aromatic rings. The first-order valence-corrected chi connectivity index (χ1v) is 29.5. The molecule has 0 bridgehead atoms. The van der Waals surface area contributed by atoms with Gasteiger partial charge in [-0.05, 0) is 83.5 Å². The highest BCUT2D eigenvalue weighted by atomic mass is 31.2. The van der Waals surface area contributed by atoms with Gasteiger partial charge in [-0.1, -0.05) is 228 Å². The first-order chi connectivity index (χ1) is 33.7. The van der Waals surface area contributed by atoms with E-state index in [0.717, 1.165) is 77.0 Å². The van der Waals surface area contributed by atoms with E-state index in [1.165, 1.54) is 141 Å². The Morgan fingerprint density at radius 1 is 0.478 bits per heavy atom. The van der Waals surface area contributed by atoms with Gasteiger partial charge in [-0.3, -0.25) is 18.6 Å². The van der Waals surface area contributed by atoms with Crippen LogP contribution in [0.4, 0.5) is 0 Å². The topological polar surface area (TPSA) is 155 Å². The van der Waals surface area contributed by atoms with E-state index in [2.05, 4.69) is 86.8 Å². The van der Waals surface area contributed by atoms with Gasteiger partial charge in [-0.15, -0.1) is 0 Å². The number of aliphatic carboxylic acids is 1. The van der Waals surface area contributed by atoms with Crippen LogP contribution < -0.4 is 5.73 Å². The molecule has 3 unspecified atom stereocenters. The lowest BCUT2D eigenvalue weighted by molar-refractivity contribution is -0.154. The second-order valence-corrected chi connectivity index (χ2v) is 20.1. The van der Waals surface area contributed by atoms with Crippen LogP contribution in [-0.2, 0) is 32.7 Å². The van der Waals surface area contributed by atoms with E-state index in [-0.39, 0.29) is 13.0 Å². The lowest BCUT2D eigenvalue weighted by Crippen LogP contribution is -2.34. The summed E-state index contributed by atoms with van der Waals surface area (Å²) in [4.78, 5) is 33.8. The van der Waals surface area contributed by atoms with Gasteiger partial charge >= 0.3 is 19.8 Å². The molecule has 0 saturated heterocycles. The maximum atomic E-state index is 12.7. The average Bonchev–Trinajstić information content (AvgIpc) is 3.33. The molecular formula is C58H104NO9P. The molecule has 0 fully saturated rings. The average molecular weight is 990 g/mol. The SMILES string of the molecule is CC/C=C\C/C=C\C/C=C\C/C=C\C/C=C\CCCCCCCCCCOCC(COP(=O)(O)OCC(N)C(=O)O)OC(=O)CCCCCCCCCCCCC/C=C\CCCCCCCCCC. The summed E-state index contributed by atoms with van der Waals surface area (Å²) in [5.74, 6) is -1.78. The number of carboxylic acids is 1. The zero-order valence-electron chi connectivity index (χ0n) is 44.1. The van der Waals surface area contributed by atoms with Gasteiger partial charge in [-0.2, -0.15) is 0 Å². The fourth-order valence-electron chi connectivity index (χ4n) is 7.69. The van der Waals surface area contributed by atoms with Gasteiger partial charge in [0.25, 0.3) is 0 Å². The number of rotatable bonds is 53. The minimum Gasteiger partial charge on any atom is -0.480 e. The standard InChI is InChI=1S/C58H104NO9P/c1-3-5-7-9-11-13-15-17-19-21-23-25-27-29-31-33-35-37-39-41-43-45-47-49-51-65-52-55(53-66-69(63,64)67-54-56(59)58(61)62)68-57(60)50-48-46-44-42-40-38-36-34-32-30-28-26-24-22-20-18-16-14-12-10-8-6-4-2/h5,7,11,13,17,19,22-25,29,31,55-56H,3-4,6,8-10,12,14-16,18,20-21,26-28,30,32-54,59H2,1-2H3,(H,61,62)(H,63,64)/b7-5-,13-11-,19-17-,24-22-,25-23-,31-29-. The molecule has 0 heterocycles. The van der Waals surface area contributed by atoms with Crippen LogP contribution in [0.3, 0.4) is 0 Å². The van der Waals surface area contributed by atoms with Gasteiger partial charge in [0, 0.05) is 13.0 Å². The van der Waals surface area contributed by atoms with Crippen molar-refractivity contribution in [3.05, 3.63) is 72.9 Å². The number of ether oxygens (including phenoxy) is 2. The summed E-state index contributed by atoms with van der Waals surface area (Å²) < 4.78 is 33.6. The number of phosphoric acid groups is 1. The Balaban J connectivity index is 4.12. The van der Waals surface area contributed by atoms with E-state index < -0.39 is 45.1 Å². The van der Waals surface area contributed by atoms with Gasteiger partial charge in [0.1, 0.15) is 12.1 Å². The van der Waals surface area contributed by atoms with Crippen LogP contribution in [0.15, 0.2) is 72.9 Å². The predicted octanol–water partition coefficient (Wildman–Crippen LogP) is 16.9. The lowest BCUT2D eigenvalue weighted by Gasteiger charge is -2.20. The van der Waals surface area contributed by atoms with E-state index >= 15 is 0 Å². The second-order valence-electron chi connectivity index (χ2n) is 18.7. The quantitative estimate of drug-likeness (QED) is 0.0232. The van der Waals surface area contributed by atoms with E-state index in [1.807, 2.05) is 0 Å². The number of esters is 1. The molecule has 0 saturated carbocycles. The van der Waals surface area contributed by atoms with Crippen LogP contribution in [0.25, 0.3) is 0 Å². The van der Waals surface area contributed by atoms with Crippen molar-refractivity contribution in [1.82, 2.24) is 0 Å². The van der Waals surface area contributed by atoms with E-state index in [9.17, 15) is 19.0 Å². The van der Waals surface area contributed by atoms with Crippen LogP contribution in [0.5, 0.6) is 0 Å². The number of unbranched alkanes of at least 4 members (excludes halogenated alkanes) is 27. The van der Waals surface area contributed by atoms with Crippen molar-refractivity contribution >= 4 is 19.8 Å². The summed E-state index contributed by atoms with van der Waals surface area (Å²) in [5, 5.41) is 8.95. The third-order valence-corrected chi connectivity index (χ3v) is 12.9. The van der Waals surface area contributed by atoms with Gasteiger partial charge in [0.15, 0.2) is 0 Å². The Hall–Kier alpha value is -2.59. The molecular weight excluding hydrogens is 886 g/mol. The van der Waals surface area contributed by atoms with Gasteiger partial charge in [0.2, 0.25) is 0 Å². The van der Waals surface area contributed by atoms with Crippen LogP contribution in [-0.4, -0.2) is 60.5 Å². The largest absolute Gasteiger partial charge is 0.480 e. The Bertz CT molecular complexity index is 1380. The number of carbonyl (C=O) groups excluding carboxylic acids is 1. The number of hydrogen-bond donors (Lipinski definition) is 3. The van der Waals surface area contributed by atoms with Crippen molar-refractivity contribution in [2.24, 2.45) is 5.73 Å². The zero-order chi connectivity index (χ0) is 50.4. The van der Waals surface area contributed by atoms with Crippen LogP contribution in [0, 0.1) is 0 Å². The molecule has 0 aliphatic heterocycles. The molecule has 69 heavy (non-hydrogen) atoms. The number of phosphoric ester groups is 1. The van der Waals surface area contributed by atoms with Crippen molar-refractivity contribution in [3.63, 3.8) is 0 Å². The summed E-state index contributed by atoms with van der Waals surface area (Å²) in [6.45, 7) is 3.78. The number of carboxylic acid groups (broad SMARTS) is 1. The Morgan fingerprint density at radius 3 is 1.28 bits per heavy atom. The lowest BCUT2D eigenvalue weighted by atomic mass is 10.0. The fraction of sp³-hybridized carbons (Fsp3) is 0.759. The molecule has 3 atom stereocenters. The smallest absolute Gasteiger partial charge is 0.472 e. The Morgan fingerprint density at radius 2 is 0.841 bits per heavy atom. The van der Waals surface area contributed by atoms with Crippen molar-refractivity contribution in [3.8, 4) is 0 Å². The summed E-state index contributed by atoms with van der Waals surface area (Å²) in [7, 11) is -4.63. The highest BCUT2D eigenvalue weighted by Gasteiger charge is 2.27. The van der Waals surface area contributed by atoms with Gasteiger partial charge in [-0.25, -0.2) is 4.57 Å². The molecule has 0 rings (SSSR count). The third-order valence-electron chi connectivity index (χ3n) is 12.0. The predicted molar refractivity (Wildman–Crippen MR) is 290 cm³/mol. The van der Waals surface area contributed by atoms with Crippen molar-refractivity contribution in [2.75, 3.05) is 26.4 Å². The molecule has 0 aliphatic carbocycles. The molecule has 0 radical (unpaired) electrons. The normalized spacial score (nSPS) is 14.1.